The van der Waals surface area contributed by atoms with E-state index in [2.05, 4.69) is 12.1 Å². The molecule has 1 aromatic heterocycles. The van der Waals surface area contributed by atoms with Crippen LogP contribution in [0.4, 0.5) is 0 Å². The number of amides is 1. The molecule has 3 unspecified atom stereocenters. The molecule has 82 valence electrons. The normalized spacial score (nSPS) is 31.3. The van der Waals surface area contributed by atoms with Crippen LogP contribution < -0.4 is 0 Å². The Kier molecular flexibility index (Phi) is 2.29. The summed E-state index contributed by atoms with van der Waals surface area (Å²) in [5.74, 6) is 1.31. The lowest BCUT2D eigenvalue weighted by atomic mass is 9.92. The van der Waals surface area contributed by atoms with Gasteiger partial charge in [-0.25, -0.2) is 0 Å². The molecule has 0 bridgehead atoms. The highest BCUT2D eigenvalue weighted by atomic mass is 16.5. The summed E-state index contributed by atoms with van der Waals surface area (Å²) in [5.41, 5.74) is 0.859. The minimum absolute atomic E-state index is 0.0358. The van der Waals surface area contributed by atoms with Crippen molar-refractivity contribution >= 4 is 5.91 Å². The van der Waals surface area contributed by atoms with Gasteiger partial charge in [-0.2, -0.15) is 0 Å². The highest BCUT2D eigenvalue weighted by molar-refractivity contribution is 5.81. The van der Waals surface area contributed by atoms with E-state index >= 15 is 0 Å². The number of likely N-dealkylation sites (tertiary alicyclic amines) is 1. The van der Waals surface area contributed by atoms with E-state index in [9.17, 15) is 4.79 Å². The third-order valence-corrected chi connectivity index (χ3v) is 3.38. The van der Waals surface area contributed by atoms with Gasteiger partial charge in [0.05, 0.1) is 11.7 Å². The van der Waals surface area contributed by atoms with Gasteiger partial charge in [-0.15, -0.1) is 0 Å². The van der Waals surface area contributed by atoms with Gasteiger partial charge < -0.3 is 9.42 Å². The van der Waals surface area contributed by atoms with Gasteiger partial charge in [0.15, 0.2) is 5.76 Å². The first-order valence-corrected chi connectivity index (χ1v) is 5.22. The number of hydrogen-bond acceptors (Lipinski definition) is 3. The van der Waals surface area contributed by atoms with Crippen LogP contribution >= 0.6 is 0 Å². The lowest BCUT2D eigenvalue weighted by Gasteiger charge is -2.19. The third-order valence-electron chi connectivity index (χ3n) is 3.38. The van der Waals surface area contributed by atoms with Crippen LogP contribution in [-0.4, -0.2) is 23.0 Å². The van der Waals surface area contributed by atoms with Gasteiger partial charge >= 0.3 is 0 Å². The van der Waals surface area contributed by atoms with E-state index in [-0.39, 0.29) is 23.8 Å². The Labute approximate surface area is 89.2 Å². The van der Waals surface area contributed by atoms with Crippen LogP contribution in [0.2, 0.25) is 0 Å². The fourth-order valence-corrected chi connectivity index (χ4v) is 2.28. The highest BCUT2D eigenvalue weighted by Crippen LogP contribution is 2.40. The van der Waals surface area contributed by atoms with Gasteiger partial charge in [0.1, 0.15) is 0 Å². The van der Waals surface area contributed by atoms with Crippen molar-refractivity contribution in [2.24, 2.45) is 11.8 Å². The first-order chi connectivity index (χ1) is 7.02. The zero-order chi connectivity index (χ0) is 11.2. The molecule has 15 heavy (non-hydrogen) atoms. The molecule has 3 atom stereocenters. The van der Waals surface area contributed by atoms with E-state index in [1.54, 1.807) is 4.90 Å². The monoisotopic (exact) mass is 208 g/mol. The predicted molar refractivity (Wildman–Crippen MR) is 55.1 cm³/mol. The molecule has 1 aromatic rings. The maximum atomic E-state index is 11.8. The first-order valence-electron chi connectivity index (χ1n) is 5.22. The minimum Gasteiger partial charge on any atom is -0.359 e. The van der Waals surface area contributed by atoms with Gasteiger partial charge in [-0.1, -0.05) is 19.0 Å². The second kappa shape index (κ2) is 3.36. The summed E-state index contributed by atoms with van der Waals surface area (Å²) in [7, 11) is 1.82. The lowest BCUT2D eigenvalue weighted by molar-refractivity contribution is -0.130. The molecule has 1 aliphatic heterocycles. The summed E-state index contributed by atoms with van der Waals surface area (Å²) in [5, 5.41) is 3.87. The van der Waals surface area contributed by atoms with Crippen LogP contribution in [0.15, 0.2) is 10.6 Å². The fraction of sp³-hybridized carbons (Fsp3) is 0.636. The molecule has 0 aromatic carbocycles. The van der Waals surface area contributed by atoms with E-state index in [4.69, 9.17) is 4.52 Å². The van der Waals surface area contributed by atoms with Gasteiger partial charge in [-0.3, -0.25) is 4.79 Å². The minimum atomic E-state index is 0.0358. The molecule has 1 aliphatic rings. The van der Waals surface area contributed by atoms with Gasteiger partial charge in [-0.05, 0) is 12.8 Å². The summed E-state index contributed by atoms with van der Waals surface area (Å²) < 4.78 is 5.24. The molecular weight excluding hydrogens is 192 g/mol. The quantitative estimate of drug-likeness (QED) is 0.706. The van der Waals surface area contributed by atoms with Crippen molar-refractivity contribution in [3.05, 3.63) is 17.5 Å². The number of rotatable bonds is 1. The molecule has 1 amide bonds. The van der Waals surface area contributed by atoms with E-state index < -0.39 is 0 Å². The number of carbonyl (C=O) groups excluding carboxylic acids is 1. The van der Waals surface area contributed by atoms with E-state index in [0.717, 1.165) is 11.5 Å². The highest BCUT2D eigenvalue weighted by Gasteiger charge is 2.43. The number of aromatic nitrogens is 1. The van der Waals surface area contributed by atoms with Crippen molar-refractivity contribution in [2.45, 2.75) is 26.8 Å². The zero-order valence-corrected chi connectivity index (χ0v) is 9.52. The Morgan fingerprint density at radius 3 is 2.53 bits per heavy atom. The topological polar surface area (TPSA) is 46.3 Å². The zero-order valence-electron chi connectivity index (χ0n) is 9.52. The van der Waals surface area contributed by atoms with Crippen LogP contribution in [0.25, 0.3) is 0 Å². The molecule has 2 heterocycles. The van der Waals surface area contributed by atoms with Gasteiger partial charge in [0.2, 0.25) is 5.91 Å². The van der Waals surface area contributed by atoms with E-state index in [1.165, 1.54) is 0 Å². The average molecular weight is 208 g/mol. The van der Waals surface area contributed by atoms with Gasteiger partial charge in [0.25, 0.3) is 0 Å². The van der Waals surface area contributed by atoms with Gasteiger partial charge in [0, 0.05) is 19.0 Å². The maximum Gasteiger partial charge on any atom is 0.226 e. The van der Waals surface area contributed by atoms with Crippen LogP contribution in [0.5, 0.6) is 0 Å². The van der Waals surface area contributed by atoms with Crippen molar-refractivity contribution in [3.63, 3.8) is 0 Å². The van der Waals surface area contributed by atoms with E-state index in [0.29, 0.717) is 0 Å². The van der Waals surface area contributed by atoms with Crippen LogP contribution in [0.1, 0.15) is 31.3 Å². The summed E-state index contributed by atoms with van der Waals surface area (Å²) in [4.78, 5) is 13.5. The number of carbonyl (C=O) groups is 1. The lowest BCUT2D eigenvalue weighted by Crippen LogP contribution is -2.24. The van der Waals surface area contributed by atoms with Crippen molar-refractivity contribution < 1.29 is 9.32 Å². The Bertz CT molecular complexity index is 386. The van der Waals surface area contributed by atoms with E-state index in [1.807, 2.05) is 27.0 Å². The largest absolute Gasteiger partial charge is 0.359 e. The average Bonchev–Trinajstić information content (AvgIpc) is 2.68. The second-order valence-electron chi connectivity index (χ2n) is 4.41. The molecule has 1 saturated heterocycles. The fourth-order valence-electron chi connectivity index (χ4n) is 2.28. The molecule has 0 radical (unpaired) electrons. The van der Waals surface area contributed by atoms with Crippen LogP contribution in [-0.2, 0) is 4.79 Å². The molecule has 1 fully saturated rings. The number of nitrogens with zero attached hydrogens (tertiary/aromatic N) is 2. The van der Waals surface area contributed by atoms with Crippen molar-refractivity contribution in [3.8, 4) is 0 Å². The molecule has 0 saturated carbocycles. The number of hydrogen-bond donors (Lipinski definition) is 0. The van der Waals surface area contributed by atoms with Crippen LogP contribution in [0.3, 0.4) is 0 Å². The predicted octanol–water partition coefficient (Wildman–Crippen LogP) is 1.77. The molecular formula is C11H16N2O2. The smallest absolute Gasteiger partial charge is 0.226 e. The molecule has 2 rings (SSSR count). The SMILES string of the molecule is Cc1cc(C2C(C)C(C)C(=O)N2C)on1. The summed E-state index contributed by atoms with van der Waals surface area (Å²) in [6.07, 6.45) is 0. The second-order valence-corrected chi connectivity index (χ2v) is 4.41. The number of aryl methyl sites for hydroxylation is 1. The maximum absolute atomic E-state index is 11.8. The molecule has 4 heteroatoms. The molecule has 4 nitrogen and oxygen atoms in total. The Balaban J connectivity index is 2.34. The Morgan fingerprint density at radius 1 is 1.47 bits per heavy atom. The Hall–Kier alpha value is -1.32. The van der Waals surface area contributed by atoms with Crippen molar-refractivity contribution in [1.29, 1.82) is 0 Å². The molecule has 0 aliphatic carbocycles. The summed E-state index contributed by atoms with van der Waals surface area (Å²) in [6, 6.07) is 1.94. The van der Waals surface area contributed by atoms with Crippen molar-refractivity contribution in [2.75, 3.05) is 7.05 Å². The Morgan fingerprint density at radius 2 is 2.13 bits per heavy atom. The standard InChI is InChI=1S/C11H16N2O2/c1-6-5-9(15-12-6)10-7(2)8(3)11(14)13(10)4/h5,7-8,10H,1-4H3. The third kappa shape index (κ3) is 1.44. The summed E-state index contributed by atoms with van der Waals surface area (Å²) in [6.45, 7) is 5.93. The molecule has 0 spiro atoms. The van der Waals surface area contributed by atoms with Crippen molar-refractivity contribution in [1.82, 2.24) is 10.1 Å². The van der Waals surface area contributed by atoms with Crippen LogP contribution in [0, 0.1) is 18.8 Å². The summed E-state index contributed by atoms with van der Waals surface area (Å²) >= 11 is 0. The first kappa shape index (κ1) is 10.2. The molecule has 0 N–H and O–H groups in total.